The average molecular weight is 286 g/mol. The molecule has 1 aromatic carbocycles. The number of hydrogen-bond acceptors (Lipinski definition) is 4. The molecule has 0 fully saturated rings. The predicted octanol–water partition coefficient (Wildman–Crippen LogP) is 1.76. The maximum atomic E-state index is 8.57. The van der Waals surface area contributed by atoms with Crippen LogP contribution < -0.4 is 10.1 Å². The van der Waals surface area contributed by atoms with E-state index in [1.165, 1.54) is 5.56 Å². The van der Waals surface area contributed by atoms with Crippen LogP contribution >= 0.6 is 11.6 Å². The molecule has 0 radical (unpaired) electrons. The van der Waals surface area contributed by atoms with E-state index < -0.39 is 0 Å². The van der Waals surface area contributed by atoms with E-state index in [1.54, 1.807) is 0 Å². The molecule has 2 rings (SSSR count). The minimum absolute atomic E-state index is 0.0828. The van der Waals surface area contributed by atoms with Crippen molar-refractivity contribution in [3.05, 3.63) is 28.3 Å². The maximum absolute atomic E-state index is 8.57. The van der Waals surface area contributed by atoms with Gasteiger partial charge in [0.2, 0.25) is 0 Å². The Morgan fingerprint density at radius 2 is 2.26 bits per heavy atom. The van der Waals surface area contributed by atoms with Crippen LogP contribution in [-0.2, 0) is 17.7 Å². The van der Waals surface area contributed by atoms with Crippen molar-refractivity contribution in [1.29, 1.82) is 0 Å². The highest BCUT2D eigenvalue weighted by atomic mass is 35.5. The maximum Gasteiger partial charge on any atom is 0.127 e. The molecule has 5 heteroatoms. The summed E-state index contributed by atoms with van der Waals surface area (Å²) in [7, 11) is 0. The summed E-state index contributed by atoms with van der Waals surface area (Å²) in [6.07, 6.45) is 1.86. The third-order valence-electron chi connectivity index (χ3n) is 3.02. The summed E-state index contributed by atoms with van der Waals surface area (Å²) < 4.78 is 10.8. The third-order valence-corrected chi connectivity index (χ3v) is 3.24. The summed E-state index contributed by atoms with van der Waals surface area (Å²) in [5, 5.41) is 12.7. The smallest absolute Gasteiger partial charge is 0.127 e. The van der Waals surface area contributed by atoms with Gasteiger partial charge in [-0.25, -0.2) is 0 Å². The second kappa shape index (κ2) is 7.70. The Hall–Kier alpha value is -0.810. The monoisotopic (exact) mass is 285 g/mol. The van der Waals surface area contributed by atoms with E-state index in [-0.39, 0.29) is 6.61 Å². The van der Waals surface area contributed by atoms with Gasteiger partial charge in [-0.15, -0.1) is 0 Å². The van der Waals surface area contributed by atoms with Gasteiger partial charge in [0.25, 0.3) is 0 Å². The molecule has 4 nitrogen and oxygen atoms in total. The summed E-state index contributed by atoms with van der Waals surface area (Å²) in [5.74, 6) is 0.994. The van der Waals surface area contributed by atoms with Crippen molar-refractivity contribution in [2.75, 3.05) is 33.0 Å². The zero-order chi connectivity index (χ0) is 13.5. The Morgan fingerprint density at radius 1 is 1.37 bits per heavy atom. The Bertz CT molecular complexity index is 412. The normalized spacial score (nSPS) is 13.4. The lowest BCUT2D eigenvalue weighted by atomic mass is 10.1. The summed E-state index contributed by atoms with van der Waals surface area (Å²) in [6.45, 7) is 3.53. The molecule has 2 N–H and O–H groups in total. The summed E-state index contributed by atoms with van der Waals surface area (Å²) >= 11 is 6.10. The van der Waals surface area contributed by atoms with Gasteiger partial charge in [-0.1, -0.05) is 11.6 Å². The summed E-state index contributed by atoms with van der Waals surface area (Å²) in [6, 6.07) is 3.94. The van der Waals surface area contributed by atoms with Crippen LogP contribution in [0.25, 0.3) is 0 Å². The number of aliphatic hydroxyl groups is 1. The van der Waals surface area contributed by atoms with E-state index in [0.717, 1.165) is 48.9 Å². The minimum atomic E-state index is 0.0828. The standard InChI is InChI=1S/C14H20ClNO3/c15-13-8-11-2-6-19-14(11)12(9-13)10-16-3-1-5-18-7-4-17/h8-9,16-17H,1-7,10H2. The molecule has 0 unspecified atom stereocenters. The van der Waals surface area contributed by atoms with Crippen molar-refractivity contribution in [1.82, 2.24) is 5.32 Å². The van der Waals surface area contributed by atoms with Crippen molar-refractivity contribution in [2.24, 2.45) is 0 Å². The van der Waals surface area contributed by atoms with Gasteiger partial charge in [-0.2, -0.15) is 0 Å². The number of nitrogens with one attached hydrogen (secondary N) is 1. The highest BCUT2D eigenvalue weighted by Crippen LogP contribution is 2.32. The topological polar surface area (TPSA) is 50.7 Å². The van der Waals surface area contributed by atoms with Crippen LogP contribution in [0.5, 0.6) is 5.75 Å². The summed E-state index contributed by atoms with van der Waals surface area (Å²) in [5.41, 5.74) is 2.33. The zero-order valence-corrected chi connectivity index (χ0v) is 11.7. The second-order valence-electron chi connectivity index (χ2n) is 4.52. The molecule has 0 spiro atoms. The number of hydrogen-bond donors (Lipinski definition) is 2. The molecule has 0 atom stereocenters. The van der Waals surface area contributed by atoms with Crippen molar-refractivity contribution in [2.45, 2.75) is 19.4 Å². The molecule has 106 valence electrons. The fraction of sp³-hybridized carbons (Fsp3) is 0.571. The van der Waals surface area contributed by atoms with E-state index in [4.69, 9.17) is 26.2 Å². The van der Waals surface area contributed by atoms with Crippen LogP contribution in [0.15, 0.2) is 12.1 Å². The first kappa shape index (κ1) is 14.6. The van der Waals surface area contributed by atoms with E-state index in [1.807, 2.05) is 12.1 Å². The Labute approximate surface area is 118 Å². The second-order valence-corrected chi connectivity index (χ2v) is 4.95. The van der Waals surface area contributed by atoms with E-state index >= 15 is 0 Å². The van der Waals surface area contributed by atoms with Crippen LogP contribution in [0.2, 0.25) is 5.02 Å². The molecule has 0 aromatic heterocycles. The van der Waals surface area contributed by atoms with Gasteiger partial charge in [-0.05, 0) is 30.7 Å². The molecule has 0 bridgehead atoms. The van der Waals surface area contributed by atoms with E-state index in [0.29, 0.717) is 13.2 Å². The molecule has 1 aromatic rings. The predicted molar refractivity (Wildman–Crippen MR) is 74.9 cm³/mol. The molecule has 1 heterocycles. The van der Waals surface area contributed by atoms with E-state index in [9.17, 15) is 0 Å². The number of rotatable bonds is 8. The van der Waals surface area contributed by atoms with Gasteiger partial charge in [0.05, 0.1) is 19.8 Å². The Kier molecular flexibility index (Phi) is 5.92. The molecular weight excluding hydrogens is 266 g/mol. The lowest BCUT2D eigenvalue weighted by Crippen LogP contribution is -2.17. The van der Waals surface area contributed by atoms with Gasteiger partial charge in [0.1, 0.15) is 5.75 Å². The third kappa shape index (κ3) is 4.35. The Morgan fingerprint density at radius 3 is 3.11 bits per heavy atom. The fourth-order valence-electron chi connectivity index (χ4n) is 2.17. The van der Waals surface area contributed by atoms with Crippen LogP contribution in [-0.4, -0.2) is 38.1 Å². The van der Waals surface area contributed by atoms with Crippen molar-refractivity contribution in [3.63, 3.8) is 0 Å². The number of ether oxygens (including phenoxy) is 2. The van der Waals surface area contributed by atoms with E-state index in [2.05, 4.69) is 5.32 Å². The molecule has 0 saturated carbocycles. The first-order valence-electron chi connectivity index (χ1n) is 6.64. The van der Waals surface area contributed by atoms with Gasteiger partial charge >= 0.3 is 0 Å². The summed E-state index contributed by atoms with van der Waals surface area (Å²) in [4.78, 5) is 0. The van der Waals surface area contributed by atoms with Gasteiger partial charge in [-0.3, -0.25) is 0 Å². The van der Waals surface area contributed by atoms with Gasteiger partial charge in [0.15, 0.2) is 0 Å². The van der Waals surface area contributed by atoms with Crippen molar-refractivity contribution in [3.8, 4) is 5.75 Å². The van der Waals surface area contributed by atoms with Crippen LogP contribution in [0.3, 0.4) is 0 Å². The lowest BCUT2D eigenvalue weighted by Gasteiger charge is -2.10. The molecule has 1 aliphatic heterocycles. The molecule has 19 heavy (non-hydrogen) atoms. The van der Waals surface area contributed by atoms with Crippen molar-refractivity contribution >= 4 is 11.6 Å². The lowest BCUT2D eigenvalue weighted by molar-refractivity contribution is 0.0907. The first-order chi connectivity index (χ1) is 9.31. The SMILES string of the molecule is OCCOCCCNCc1cc(Cl)cc2c1OCC2. The largest absolute Gasteiger partial charge is 0.493 e. The molecule has 0 saturated heterocycles. The minimum Gasteiger partial charge on any atom is -0.493 e. The number of aliphatic hydroxyl groups excluding tert-OH is 1. The molecule has 0 aliphatic carbocycles. The van der Waals surface area contributed by atoms with Crippen molar-refractivity contribution < 1.29 is 14.6 Å². The zero-order valence-electron chi connectivity index (χ0n) is 11.0. The molecule has 1 aliphatic rings. The highest BCUT2D eigenvalue weighted by Gasteiger charge is 2.16. The van der Waals surface area contributed by atoms with Crippen LogP contribution in [0.1, 0.15) is 17.5 Å². The molecular formula is C14H20ClNO3. The Balaban J connectivity index is 1.74. The fourth-order valence-corrected chi connectivity index (χ4v) is 2.43. The van der Waals surface area contributed by atoms with Gasteiger partial charge in [0, 0.05) is 30.2 Å². The quantitative estimate of drug-likeness (QED) is 0.715. The van der Waals surface area contributed by atoms with Gasteiger partial charge < -0.3 is 19.9 Å². The van der Waals surface area contributed by atoms with Crippen LogP contribution in [0, 0.1) is 0 Å². The first-order valence-corrected chi connectivity index (χ1v) is 7.02. The highest BCUT2D eigenvalue weighted by molar-refractivity contribution is 6.30. The van der Waals surface area contributed by atoms with Crippen LogP contribution in [0.4, 0.5) is 0 Å². The molecule has 0 amide bonds. The average Bonchev–Trinajstić information content (AvgIpc) is 2.85. The number of halogens is 1. The number of benzene rings is 1. The number of fused-ring (bicyclic) bond motifs is 1.